The lowest BCUT2D eigenvalue weighted by atomic mass is 9.94. The van der Waals surface area contributed by atoms with Gasteiger partial charge in [0.2, 0.25) is 0 Å². The monoisotopic (exact) mass is 468 g/mol. The Morgan fingerprint density at radius 3 is 2.09 bits per heavy atom. The largest absolute Gasteiger partial charge is 0.480 e. The number of carboxylic acid groups (broad SMARTS) is 1. The molecule has 3 rings (SSSR count). The lowest BCUT2D eigenvalue weighted by Gasteiger charge is -2.37. The van der Waals surface area contributed by atoms with Crippen LogP contribution in [0, 0.1) is 0 Å². The summed E-state index contributed by atoms with van der Waals surface area (Å²) in [5.41, 5.74) is 2.95. The number of rotatable bonds is 10. The zero-order chi connectivity index (χ0) is 24.9. The number of benzene rings is 2. The first kappa shape index (κ1) is 25.2. The van der Waals surface area contributed by atoms with Crippen molar-refractivity contribution in [1.29, 1.82) is 0 Å². The topological polar surface area (TPSA) is 105 Å². The van der Waals surface area contributed by atoms with E-state index < -0.39 is 29.6 Å². The molecule has 182 valence electrons. The molecule has 2 N–H and O–H groups in total. The number of carbonyl (C=O) groups excluding carboxylic acids is 2. The summed E-state index contributed by atoms with van der Waals surface area (Å²) in [6.07, 6.45) is -0.328. The Morgan fingerprint density at radius 1 is 1.06 bits per heavy atom. The van der Waals surface area contributed by atoms with Crippen molar-refractivity contribution in [1.82, 2.24) is 10.2 Å². The van der Waals surface area contributed by atoms with Gasteiger partial charge in [-0.15, -0.1) is 0 Å². The summed E-state index contributed by atoms with van der Waals surface area (Å²) in [5, 5.41) is 12.2. The Balaban J connectivity index is 1.77. The number of nitrogens with zero attached hydrogens (tertiary/aromatic N) is 1. The molecule has 2 unspecified atom stereocenters. The first-order valence-corrected chi connectivity index (χ1v) is 11.4. The van der Waals surface area contributed by atoms with E-state index in [4.69, 9.17) is 9.47 Å². The zero-order valence-electron chi connectivity index (χ0n) is 20.0. The quantitative estimate of drug-likeness (QED) is 0.552. The van der Waals surface area contributed by atoms with Gasteiger partial charge >= 0.3 is 12.1 Å². The summed E-state index contributed by atoms with van der Waals surface area (Å²) in [6, 6.07) is 15.0. The summed E-state index contributed by atoms with van der Waals surface area (Å²) >= 11 is 0. The van der Waals surface area contributed by atoms with Crippen molar-refractivity contribution in [2.24, 2.45) is 0 Å². The van der Waals surface area contributed by atoms with Crippen molar-refractivity contribution in [3.05, 3.63) is 59.7 Å². The van der Waals surface area contributed by atoms with Crippen molar-refractivity contribution in [3.8, 4) is 11.1 Å². The number of fused-ring (bicyclic) bond motifs is 3. The van der Waals surface area contributed by atoms with Gasteiger partial charge < -0.3 is 24.8 Å². The van der Waals surface area contributed by atoms with Crippen LogP contribution < -0.4 is 5.32 Å². The first-order chi connectivity index (χ1) is 16.3. The summed E-state index contributed by atoms with van der Waals surface area (Å²) < 4.78 is 10.9. The van der Waals surface area contributed by atoms with Gasteiger partial charge in [0, 0.05) is 20.1 Å². The second kappa shape index (κ2) is 10.7. The molecule has 2 amide bonds. The molecule has 34 heavy (non-hydrogen) atoms. The molecule has 0 aromatic heterocycles. The molecule has 1 aliphatic rings. The van der Waals surface area contributed by atoms with E-state index in [1.807, 2.05) is 36.4 Å². The Kier molecular flexibility index (Phi) is 7.94. The normalized spacial score (nSPS) is 14.9. The van der Waals surface area contributed by atoms with Crippen LogP contribution in [0.1, 0.15) is 43.7 Å². The smallest absolute Gasteiger partial charge is 0.408 e. The maximum Gasteiger partial charge on any atom is 0.408 e. The average molecular weight is 469 g/mol. The molecular formula is C26H32N2O6. The molecule has 8 heteroatoms. The molecule has 0 heterocycles. The van der Waals surface area contributed by atoms with Gasteiger partial charge in [-0.1, -0.05) is 62.4 Å². The van der Waals surface area contributed by atoms with Crippen LogP contribution in [0.25, 0.3) is 11.1 Å². The van der Waals surface area contributed by atoms with Crippen LogP contribution in [-0.4, -0.2) is 66.9 Å². The minimum atomic E-state index is -1.45. The Morgan fingerprint density at radius 2 is 1.62 bits per heavy atom. The molecular weight excluding hydrogens is 436 g/mol. The van der Waals surface area contributed by atoms with Crippen LogP contribution in [-0.2, 0) is 19.1 Å². The molecule has 8 nitrogen and oxygen atoms in total. The van der Waals surface area contributed by atoms with Crippen molar-refractivity contribution in [2.45, 2.75) is 44.2 Å². The number of amides is 2. The van der Waals surface area contributed by atoms with E-state index in [0.29, 0.717) is 0 Å². The third-order valence-corrected chi connectivity index (χ3v) is 6.55. The maximum absolute atomic E-state index is 13.3. The molecule has 2 aromatic rings. The van der Waals surface area contributed by atoms with Crippen LogP contribution in [0.15, 0.2) is 48.5 Å². The number of methoxy groups -OCH3 is 1. The van der Waals surface area contributed by atoms with Gasteiger partial charge in [0.1, 0.15) is 18.2 Å². The van der Waals surface area contributed by atoms with E-state index in [1.54, 1.807) is 13.8 Å². The SMILES string of the molecule is CCC(C(=O)O)N(C)C(=O)C(CC)(COC)NC(=O)OCC1c2ccccc2-c2ccccc21. The van der Waals surface area contributed by atoms with Crippen molar-refractivity contribution < 1.29 is 29.0 Å². The minimum absolute atomic E-state index is 0.101. The number of nitrogens with one attached hydrogen (secondary N) is 1. The van der Waals surface area contributed by atoms with Gasteiger partial charge in [-0.2, -0.15) is 0 Å². The number of carboxylic acids is 1. The summed E-state index contributed by atoms with van der Waals surface area (Å²) in [6.45, 7) is 3.40. The highest BCUT2D eigenvalue weighted by atomic mass is 16.5. The highest BCUT2D eigenvalue weighted by molar-refractivity contribution is 5.92. The fourth-order valence-corrected chi connectivity index (χ4v) is 4.66. The van der Waals surface area contributed by atoms with Crippen LogP contribution in [0.4, 0.5) is 4.79 Å². The highest BCUT2D eigenvalue weighted by Crippen LogP contribution is 2.44. The molecule has 0 saturated carbocycles. The van der Waals surface area contributed by atoms with Crippen molar-refractivity contribution in [3.63, 3.8) is 0 Å². The molecule has 1 aliphatic carbocycles. The van der Waals surface area contributed by atoms with Gasteiger partial charge in [-0.25, -0.2) is 9.59 Å². The fourth-order valence-electron chi connectivity index (χ4n) is 4.66. The van der Waals surface area contributed by atoms with E-state index in [-0.39, 0.29) is 32.0 Å². The lowest BCUT2D eigenvalue weighted by Crippen LogP contribution is -2.63. The Hall–Kier alpha value is -3.39. The molecule has 0 bridgehead atoms. The molecule has 2 aromatic carbocycles. The van der Waals surface area contributed by atoms with Gasteiger partial charge in [-0.05, 0) is 35.1 Å². The fraction of sp³-hybridized carbons (Fsp3) is 0.423. The molecule has 0 saturated heterocycles. The molecule has 0 spiro atoms. The lowest BCUT2D eigenvalue weighted by molar-refractivity contribution is -0.153. The predicted octanol–water partition coefficient (Wildman–Crippen LogP) is 3.64. The van der Waals surface area contributed by atoms with E-state index in [0.717, 1.165) is 27.2 Å². The Labute approximate surface area is 199 Å². The number of hydrogen-bond acceptors (Lipinski definition) is 5. The maximum atomic E-state index is 13.3. The summed E-state index contributed by atoms with van der Waals surface area (Å²) in [4.78, 5) is 39.0. The summed E-state index contributed by atoms with van der Waals surface area (Å²) in [5.74, 6) is -1.77. The number of aliphatic carboxylic acids is 1. The third-order valence-electron chi connectivity index (χ3n) is 6.55. The number of hydrogen-bond donors (Lipinski definition) is 2. The molecule has 2 atom stereocenters. The van der Waals surface area contributed by atoms with Crippen LogP contribution in [0.3, 0.4) is 0 Å². The van der Waals surface area contributed by atoms with Crippen LogP contribution in [0.2, 0.25) is 0 Å². The standard InChI is InChI=1S/C26H32N2O6/c1-5-22(23(29)30)28(3)24(31)26(6-2,16-33-4)27-25(32)34-15-21-19-13-9-7-11-17(19)18-12-8-10-14-20(18)21/h7-14,21-22H,5-6,15-16H2,1-4H3,(H,27,32)(H,29,30). The summed E-state index contributed by atoms with van der Waals surface area (Å²) in [7, 11) is 2.84. The second-order valence-corrected chi connectivity index (χ2v) is 8.50. The third kappa shape index (κ3) is 4.77. The molecule has 0 radical (unpaired) electrons. The zero-order valence-corrected chi connectivity index (χ0v) is 20.0. The molecule has 0 aliphatic heterocycles. The molecule has 0 fully saturated rings. The van der Waals surface area contributed by atoms with Crippen molar-refractivity contribution >= 4 is 18.0 Å². The predicted molar refractivity (Wildman–Crippen MR) is 128 cm³/mol. The van der Waals surface area contributed by atoms with E-state index in [1.165, 1.54) is 14.2 Å². The van der Waals surface area contributed by atoms with Gasteiger partial charge in [-0.3, -0.25) is 4.79 Å². The van der Waals surface area contributed by atoms with E-state index >= 15 is 0 Å². The second-order valence-electron chi connectivity index (χ2n) is 8.50. The van der Waals surface area contributed by atoms with E-state index in [9.17, 15) is 19.5 Å². The van der Waals surface area contributed by atoms with Crippen molar-refractivity contribution in [2.75, 3.05) is 27.4 Å². The minimum Gasteiger partial charge on any atom is -0.480 e. The first-order valence-electron chi connectivity index (χ1n) is 11.4. The number of carbonyl (C=O) groups is 3. The Bertz CT molecular complexity index is 1010. The average Bonchev–Trinajstić information content (AvgIpc) is 3.15. The van der Waals surface area contributed by atoms with Gasteiger partial charge in [0.05, 0.1) is 6.61 Å². The van der Waals surface area contributed by atoms with Crippen LogP contribution >= 0.6 is 0 Å². The van der Waals surface area contributed by atoms with Gasteiger partial charge in [0.25, 0.3) is 5.91 Å². The highest BCUT2D eigenvalue weighted by Gasteiger charge is 2.43. The van der Waals surface area contributed by atoms with E-state index in [2.05, 4.69) is 17.4 Å². The number of ether oxygens (including phenoxy) is 2. The number of likely N-dealkylation sites (N-methyl/N-ethyl adjacent to an activating group) is 1. The van der Waals surface area contributed by atoms with Crippen LogP contribution in [0.5, 0.6) is 0 Å². The van der Waals surface area contributed by atoms with Gasteiger partial charge in [0.15, 0.2) is 0 Å². The number of alkyl carbamates (subject to hydrolysis) is 1.